The van der Waals surface area contributed by atoms with E-state index in [9.17, 15) is 18.8 Å². The number of amides is 3. The fourth-order valence-electron chi connectivity index (χ4n) is 20.1. The number of hydrogen-bond acceptors (Lipinski definition) is 16. The standard InChI is InChI=1S/C38H49N5O3.C37H46FN5O2.C37H47N5O2/c1-29-30(2)43(16-7-15-40-20-18-39(3)19-21-40)37-13-12-35(28-36(29)37)46-34-11-6-9-32(27-34)38(44)42-24-22-41(23-25-42)17-14-31-8-5-10-33(26-31)45-4;1-28-29(2)43(15-6-14-40-19-17-39(3)18-20-40)36-12-11-34(27-35(28)36)45-33-10-5-8-31(26-33)37(44)42-23-21-41(22-24-42)16-13-30-7-4-9-32(38)25-30;1-29-30(2)42(17-8-16-39-21-19-38(3)20-22-39)36-14-13-34(28-35(29)36)44-33-12-7-11-32(27-33)37(43)41-25-23-40(24-26-41)18-15-31-9-5-4-6-10-31/h5-6,8-13,26-28H,7,14-25H2,1-4H3;4-5,7-12,25-27H,6,13-24H2,1-3H3;4-7,9-14,27-28H,8,15-26H2,1-3H3. The Balaban J connectivity index is 0.000000147. The van der Waals surface area contributed by atoms with Crippen LogP contribution < -0.4 is 18.9 Å². The maximum absolute atomic E-state index is 13.5. The molecule has 18 rings (SSSR count). The SMILES string of the molecule is COc1cccc(CCN2CCN(C(=O)c3cccc(Oc4ccc5c(c4)c(C)c(C)n5CCCN4CCN(C)CC4)c3)CC2)c1.Cc1c(C)n(CCCN2CCN(C)CC2)c2ccc(Oc3cccc(C(=O)N4CCN(CCc5cccc(F)c5)CC4)c3)cc12.Cc1c(C)n(CCCN2CCN(C)CC2)c2ccc(Oc3cccc(C(=O)N4CCN(CCc5ccccc5)CC4)c3)cc12. The Morgan fingerprint density at radius 3 is 0.889 bits per heavy atom. The number of fused-ring (bicyclic) bond motifs is 3. The van der Waals surface area contributed by atoms with E-state index in [0.717, 1.165) is 257 Å². The second kappa shape index (κ2) is 46.5. The van der Waals surface area contributed by atoms with Gasteiger partial charge < -0.3 is 76.7 Å². The summed E-state index contributed by atoms with van der Waals surface area (Å²) in [6.07, 6.45) is 6.24. The monoisotopic (exact) mass is 1830 g/mol. The Bertz CT molecular complexity index is 5940. The molecule has 714 valence electrons. The summed E-state index contributed by atoms with van der Waals surface area (Å²) in [6, 6.07) is 67.6. The maximum Gasteiger partial charge on any atom is 0.254 e. The van der Waals surface area contributed by atoms with E-state index in [0.29, 0.717) is 47.0 Å². The van der Waals surface area contributed by atoms with Gasteiger partial charge in [-0.15, -0.1) is 0 Å². The molecule has 0 spiro atoms. The lowest BCUT2D eigenvalue weighted by molar-refractivity contribution is 0.0632. The summed E-state index contributed by atoms with van der Waals surface area (Å²) in [5, 5.41) is 3.68. The van der Waals surface area contributed by atoms with Gasteiger partial charge in [0.05, 0.1) is 7.11 Å². The smallest absolute Gasteiger partial charge is 0.254 e. The molecule has 6 saturated heterocycles. The second-order valence-corrected chi connectivity index (χ2v) is 38.1. The molecule has 9 aromatic carbocycles. The number of hydrogen-bond donors (Lipinski definition) is 0. The Hall–Kier alpha value is -11.2. The van der Waals surface area contributed by atoms with Crippen LogP contribution in [0.1, 0.15) is 101 Å². The average Bonchev–Trinajstić information content (AvgIpc) is 1.63. The summed E-state index contributed by atoms with van der Waals surface area (Å²) in [4.78, 5) is 68.3. The topological polar surface area (TPSA) is 142 Å². The first kappa shape index (κ1) is 96.9. The van der Waals surface area contributed by atoms with E-state index in [2.05, 4.69) is 211 Å². The van der Waals surface area contributed by atoms with Gasteiger partial charge in [-0.3, -0.25) is 29.1 Å². The molecule has 3 aromatic heterocycles. The van der Waals surface area contributed by atoms with Crippen LogP contribution in [-0.2, 0) is 38.9 Å². The molecule has 6 fully saturated rings. The number of benzene rings is 9. The Labute approximate surface area is 799 Å². The highest BCUT2D eigenvalue weighted by Gasteiger charge is 2.29. The Kier molecular flexibility index (Phi) is 33.4. The van der Waals surface area contributed by atoms with Crippen LogP contribution in [0.25, 0.3) is 32.7 Å². The molecule has 0 N–H and O–H groups in total. The molecule has 6 aliphatic heterocycles. The van der Waals surface area contributed by atoms with E-state index in [1.807, 2.05) is 112 Å². The van der Waals surface area contributed by atoms with Crippen molar-refractivity contribution in [3.63, 3.8) is 0 Å². The van der Waals surface area contributed by atoms with Crippen LogP contribution in [0.2, 0.25) is 0 Å². The number of carbonyl (C=O) groups excluding carboxylic acids is 3. The van der Waals surface area contributed by atoms with Crippen LogP contribution in [0, 0.1) is 47.4 Å². The van der Waals surface area contributed by atoms with Crippen molar-refractivity contribution in [2.45, 2.75) is 99.7 Å². The van der Waals surface area contributed by atoms with Crippen LogP contribution in [0.4, 0.5) is 4.39 Å². The highest BCUT2D eigenvalue weighted by atomic mass is 19.1. The van der Waals surface area contributed by atoms with E-state index >= 15 is 0 Å². The second-order valence-electron chi connectivity index (χ2n) is 38.1. The van der Waals surface area contributed by atoms with Crippen molar-refractivity contribution in [1.29, 1.82) is 0 Å². The van der Waals surface area contributed by atoms with Crippen LogP contribution >= 0.6 is 0 Å². The zero-order valence-electron chi connectivity index (χ0n) is 81.7. The third-order valence-electron chi connectivity index (χ3n) is 29.1. The Morgan fingerprint density at radius 1 is 0.274 bits per heavy atom. The first-order chi connectivity index (χ1) is 65.6. The number of ether oxygens (including phenoxy) is 4. The van der Waals surface area contributed by atoms with Crippen LogP contribution in [-0.4, -0.2) is 315 Å². The number of piperazine rings is 6. The predicted octanol–water partition coefficient (Wildman–Crippen LogP) is 17.2. The van der Waals surface area contributed by atoms with Crippen molar-refractivity contribution in [1.82, 2.24) is 72.5 Å². The molecule has 23 heteroatoms. The molecule has 22 nitrogen and oxygen atoms in total. The predicted molar refractivity (Wildman–Crippen MR) is 543 cm³/mol. The van der Waals surface area contributed by atoms with Gasteiger partial charge in [-0.1, -0.05) is 72.8 Å². The molecule has 12 aromatic rings. The average molecular weight is 1830 g/mol. The molecule has 0 bridgehead atoms. The summed E-state index contributed by atoms with van der Waals surface area (Å²) < 4.78 is 45.2. The van der Waals surface area contributed by atoms with Gasteiger partial charge in [-0.25, -0.2) is 4.39 Å². The van der Waals surface area contributed by atoms with E-state index in [-0.39, 0.29) is 23.5 Å². The first-order valence-corrected chi connectivity index (χ1v) is 49.5. The van der Waals surface area contributed by atoms with Gasteiger partial charge in [0.25, 0.3) is 17.7 Å². The van der Waals surface area contributed by atoms with Crippen LogP contribution in [0.15, 0.2) is 206 Å². The highest BCUT2D eigenvalue weighted by Crippen LogP contribution is 2.37. The van der Waals surface area contributed by atoms with Crippen LogP contribution in [0.5, 0.6) is 40.2 Å². The molecular formula is C112H142FN15O7. The van der Waals surface area contributed by atoms with Gasteiger partial charge in [0, 0.05) is 263 Å². The van der Waals surface area contributed by atoms with Gasteiger partial charge in [0.15, 0.2) is 0 Å². The number of aryl methyl sites for hydroxylation is 6. The van der Waals surface area contributed by atoms with Crippen LogP contribution in [0.3, 0.4) is 0 Å². The quantitative estimate of drug-likeness (QED) is 0.0406. The van der Waals surface area contributed by atoms with Gasteiger partial charge in [0.1, 0.15) is 46.1 Å². The zero-order valence-corrected chi connectivity index (χ0v) is 81.7. The molecule has 0 saturated carbocycles. The maximum atomic E-state index is 13.5. The molecule has 0 radical (unpaired) electrons. The first-order valence-electron chi connectivity index (χ1n) is 49.5. The van der Waals surface area contributed by atoms with E-state index < -0.39 is 0 Å². The minimum Gasteiger partial charge on any atom is -0.497 e. The lowest BCUT2D eigenvalue weighted by Crippen LogP contribution is -2.49. The highest BCUT2D eigenvalue weighted by molar-refractivity contribution is 5.96. The normalized spacial score (nSPS) is 16.8. The summed E-state index contributed by atoms with van der Waals surface area (Å²) in [5.41, 5.74) is 17.2. The minimum atomic E-state index is -0.193. The minimum absolute atomic E-state index is 0.0285. The summed E-state index contributed by atoms with van der Waals surface area (Å²) in [7, 11) is 8.32. The van der Waals surface area contributed by atoms with E-state index in [1.165, 1.54) is 96.8 Å². The number of halogens is 1. The number of aromatic nitrogens is 3. The van der Waals surface area contributed by atoms with E-state index in [1.54, 1.807) is 19.2 Å². The van der Waals surface area contributed by atoms with Crippen molar-refractivity contribution in [2.24, 2.45) is 0 Å². The summed E-state index contributed by atoms with van der Waals surface area (Å²) >= 11 is 0. The van der Waals surface area contributed by atoms with E-state index in [4.69, 9.17) is 18.9 Å². The number of likely N-dealkylation sites (N-methyl/N-ethyl adjacent to an activating group) is 3. The fraction of sp³-hybridized carbons (Fsp3) is 0.438. The number of methoxy groups -OCH3 is 1. The van der Waals surface area contributed by atoms with Crippen molar-refractivity contribution >= 4 is 50.4 Å². The number of nitrogens with zero attached hydrogens (tertiary/aromatic N) is 15. The summed E-state index contributed by atoms with van der Waals surface area (Å²) in [6.45, 7) is 46.0. The largest absolute Gasteiger partial charge is 0.497 e. The molecule has 9 heterocycles. The molecular weight excluding hydrogens is 1690 g/mol. The molecule has 3 amide bonds. The molecule has 6 aliphatic rings. The number of carbonyl (C=O) groups is 3. The number of rotatable bonds is 31. The third-order valence-corrected chi connectivity index (χ3v) is 29.1. The summed E-state index contributed by atoms with van der Waals surface area (Å²) in [5.74, 6) is 5.27. The van der Waals surface area contributed by atoms with Gasteiger partial charge >= 0.3 is 0 Å². The van der Waals surface area contributed by atoms with Crippen molar-refractivity contribution in [2.75, 3.05) is 225 Å². The lowest BCUT2D eigenvalue weighted by Gasteiger charge is -2.34. The Morgan fingerprint density at radius 2 is 0.556 bits per heavy atom. The van der Waals surface area contributed by atoms with Crippen molar-refractivity contribution in [3.05, 3.63) is 279 Å². The van der Waals surface area contributed by atoms with Gasteiger partial charge in [-0.05, 0) is 288 Å². The van der Waals surface area contributed by atoms with Crippen molar-refractivity contribution < 1.29 is 37.7 Å². The van der Waals surface area contributed by atoms with Gasteiger partial charge in [-0.2, -0.15) is 0 Å². The van der Waals surface area contributed by atoms with Gasteiger partial charge in [0.2, 0.25) is 0 Å². The zero-order chi connectivity index (χ0) is 93.9. The lowest BCUT2D eigenvalue weighted by atomic mass is 10.1. The molecule has 135 heavy (non-hydrogen) atoms. The molecule has 0 unspecified atom stereocenters. The third kappa shape index (κ3) is 25.5. The fourth-order valence-corrected chi connectivity index (χ4v) is 20.1. The molecule has 0 atom stereocenters. The van der Waals surface area contributed by atoms with Crippen molar-refractivity contribution in [3.8, 4) is 40.2 Å². The molecule has 0 aliphatic carbocycles.